The van der Waals surface area contributed by atoms with Crippen LogP contribution in [0.4, 0.5) is 10.5 Å². The maximum Gasteiger partial charge on any atom is 0.335 e. The van der Waals surface area contributed by atoms with Gasteiger partial charge in [-0.1, -0.05) is 11.6 Å². The van der Waals surface area contributed by atoms with E-state index in [0.29, 0.717) is 0 Å². The van der Waals surface area contributed by atoms with Crippen molar-refractivity contribution >= 4 is 39.3 Å². The number of anilines is 1. The van der Waals surface area contributed by atoms with Gasteiger partial charge in [0.25, 0.3) is 0 Å². The molecule has 0 radical (unpaired) electrons. The number of aromatic carboxylic acids is 1. The van der Waals surface area contributed by atoms with Crippen LogP contribution in [0.5, 0.6) is 0 Å². The largest absolute Gasteiger partial charge is 0.478 e. The first-order valence-corrected chi connectivity index (χ1v) is 7.98. The normalized spacial score (nSPS) is 11.0. The molecule has 0 saturated heterocycles. The lowest BCUT2D eigenvalue weighted by Crippen LogP contribution is -2.36. The second-order valence-corrected chi connectivity index (χ2v) is 6.35. The van der Waals surface area contributed by atoms with Gasteiger partial charge < -0.3 is 15.7 Å². The molecule has 0 aromatic heterocycles. The zero-order valence-corrected chi connectivity index (χ0v) is 12.6. The van der Waals surface area contributed by atoms with Crippen molar-refractivity contribution in [1.82, 2.24) is 10.0 Å². The summed E-state index contributed by atoms with van der Waals surface area (Å²) in [5.74, 6) is -1.17. The van der Waals surface area contributed by atoms with E-state index in [4.69, 9.17) is 16.7 Å². The molecular weight excluding hydrogens is 322 g/mol. The summed E-state index contributed by atoms with van der Waals surface area (Å²) in [6, 6.07) is 3.29. The number of carboxylic acids is 1. The topological polar surface area (TPSA) is 125 Å². The number of carbonyl (C=O) groups is 2. The summed E-state index contributed by atoms with van der Waals surface area (Å²) in [5.41, 5.74) is 0.157. The molecule has 0 bridgehead atoms. The molecule has 4 N–H and O–H groups in total. The van der Waals surface area contributed by atoms with E-state index in [1.165, 1.54) is 18.2 Å². The monoisotopic (exact) mass is 335 g/mol. The third-order valence-electron chi connectivity index (χ3n) is 2.18. The van der Waals surface area contributed by atoms with Crippen LogP contribution in [0.25, 0.3) is 0 Å². The van der Waals surface area contributed by atoms with Gasteiger partial charge in [-0.15, -0.1) is 0 Å². The summed E-state index contributed by atoms with van der Waals surface area (Å²) < 4.78 is 23.8. The second-order valence-electron chi connectivity index (χ2n) is 4.08. The molecule has 0 aliphatic carbocycles. The number of urea groups is 1. The fourth-order valence-electron chi connectivity index (χ4n) is 1.37. The molecule has 0 unspecified atom stereocenters. The first-order chi connectivity index (χ1) is 9.67. The minimum absolute atomic E-state index is 0.0438. The van der Waals surface area contributed by atoms with Crippen LogP contribution in [0.15, 0.2) is 18.2 Å². The number of nitrogens with one attached hydrogen (secondary N) is 3. The number of hydrogen-bond donors (Lipinski definition) is 4. The highest BCUT2D eigenvalue weighted by Crippen LogP contribution is 2.19. The molecule has 1 aromatic rings. The van der Waals surface area contributed by atoms with Crippen LogP contribution >= 0.6 is 11.6 Å². The highest BCUT2D eigenvalue weighted by Gasteiger charge is 2.08. The second kappa shape index (κ2) is 7.25. The number of sulfonamides is 1. The smallest absolute Gasteiger partial charge is 0.335 e. The van der Waals surface area contributed by atoms with Crippen LogP contribution in [0, 0.1) is 0 Å². The van der Waals surface area contributed by atoms with Crippen molar-refractivity contribution in [2.24, 2.45) is 0 Å². The third-order valence-corrected chi connectivity index (χ3v) is 3.12. The van der Waals surface area contributed by atoms with Gasteiger partial charge in [0.1, 0.15) is 0 Å². The van der Waals surface area contributed by atoms with Crippen LogP contribution in [0.2, 0.25) is 5.02 Å². The van der Waals surface area contributed by atoms with E-state index in [0.717, 1.165) is 6.26 Å². The van der Waals surface area contributed by atoms with Crippen LogP contribution < -0.4 is 15.4 Å². The Hall–Kier alpha value is -1.84. The van der Waals surface area contributed by atoms with Gasteiger partial charge >= 0.3 is 12.0 Å². The maximum absolute atomic E-state index is 11.5. The lowest BCUT2D eigenvalue weighted by molar-refractivity contribution is 0.0697. The number of amides is 2. The molecule has 0 spiro atoms. The van der Waals surface area contributed by atoms with Gasteiger partial charge in [-0.05, 0) is 18.2 Å². The molecule has 0 atom stereocenters. The summed E-state index contributed by atoms with van der Waals surface area (Å²) in [6.07, 6.45) is 1.01. The predicted molar refractivity (Wildman–Crippen MR) is 78.3 cm³/mol. The van der Waals surface area contributed by atoms with Gasteiger partial charge in [0, 0.05) is 23.8 Å². The van der Waals surface area contributed by atoms with Gasteiger partial charge in [-0.2, -0.15) is 0 Å². The van der Waals surface area contributed by atoms with E-state index >= 15 is 0 Å². The van der Waals surface area contributed by atoms with E-state index in [1.54, 1.807) is 0 Å². The quantitative estimate of drug-likeness (QED) is 0.570. The molecule has 0 fully saturated rings. The third kappa shape index (κ3) is 6.93. The van der Waals surface area contributed by atoms with Crippen molar-refractivity contribution in [1.29, 1.82) is 0 Å². The first-order valence-electron chi connectivity index (χ1n) is 5.71. The average Bonchev–Trinajstić information content (AvgIpc) is 2.32. The Morgan fingerprint density at radius 2 is 1.90 bits per heavy atom. The molecule has 1 aromatic carbocycles. The minimum atomic E-state index is -3.31. The molecule has 0 heterocycles. The Morgan fingerprint density at radius 1 is 1.24 bits per heavy atom. The van der Waals surface area contributed by atoms with Gasteiger partial charge in [-0.3, -0.25) is 0 Å². The summed E-state index contributed by atoms with van der Waals surface area (Å²) >= 11 is 5.74. The predicted octanol–water partition coefficient (Wildman–Crippen LogP) is 0.709. The summed E-state index contributed by atoms with van der Waals surface area (Å²) in [5, 5.41) is 13.8. The van der Waals surface area contributed by atoms with Crippen molar-refractivity contribution in [3.05, 3.63) is 28.8 Å². The molecule has 21 heavy (non-hydrogen) atoms. The summed E-state index contributed by atoms with van der Waals surface area (Å²) in [7, 11) is -3.31. The van der Waals surface area contributed by atoms with Crippen molar-refractivity contribution in [2.45, 2.75) is 0 Å². The number of halogens is 1. The standard InChI is InChI=1S/C11H14ClN3O5S/c1-21(19,20)14-3-2-13-11(18)15-9-5-7(10(16)17)4-8(12)6-9/h4-6,14H,2-3H2,1H3,(H,16,17)(H2,13,15,18). The number of carboxylic acid groups (broad SMARTS) is 1. The number of hydrogen-bond acceptors (Lipinski definition) is 4. The van der Waals surface area contributed by atoms with Gasteiger partial charge in [0.05, 0.1) is 11.8 Å². The molecule has 8 nitrogen and oxygen atoms in total. The molecule has 2 amide bonds. The lowest BCUT2D eigenvalue weighted by atomic mass is 10.2. The highest BCUT2D eigenvalue weighted by atomic mass is 35.5. The van der Waals surface area contributed by atoms with E-state index in [2.05, 4.69) is 15.4 Å². The molecule has 0 aliphatic heterocycles. The van der Waals surface area contributed by atoms with Crippen molar-refractivity contribution < 1.29 is 23.1 Å². The van der Waals surface area contributed by atoms with E-state index in [-0.39, 0.29) is 29.4 Å². The van der Waals surface area contributed by atoms with Crippen molar-refractivity contribution in [3.63, 3.8) is 0 Å². The van der Waals surface area contributed by atoms with E-state index in [1.807, 2.05) is 0 Å². The zero-order chi connectivity index (χ0) is 16.0. The van der Waals surface area contributed by atoms with Gasteiger partial charge in [0.2, 0.25) is 10.0 Å². The summed E-state index contributed by atoms with van der Waals surface area (Å²) in [4.78, 5) is 22.4. The molecular formula is C11H14ClN3O5S. The fourth-order valence-corrected chi connectivity index (χ4v) is 2.08. The van der Waals surface area contributed by atoms with Crippen LogP contribution in [0.1, 0.15) is 10.4 Å². The first kappa shape index (κ1) is 17.2. The fraction of sp³-hybridized carbons (Fsp3) is 0.273. The van der Waals surface area contributed by atoms with Gasteiger partial charge in [-0.25, -0.2) is 22.7 Å². The molecule has 116 valence electrons. The van der Waals surface area contributed by atoms with Crippen molar-refractivity contribution in [2.75, 3.05) is 24.7 Å². The molecule has 0 aliphatic rings. The molecule has 1 rings (SSSR count). The SMILES string of the molecule is CS(=O)(=O)NCCNC(=O)Nc1cc(Cl)cc(C(=O)O)c1. The number of benzene rings is 1. The molecule has 0 saturated carbocycles. The Bertz CT molecular complexity index is 647. The lowest BCUT2D eigenvalue weighted by Gasteiger charge is -2.09. The Kier molecular flexibility index (Phi) is 5.94. The van der Waals surface area contributed by atoms with Crippen LogP contribution in [0.3, 0.4) is 0 Å². The highest BCUT2D eigenvalue weighted by molar-refractivity contribution is 7.88. The Morgan fingerprint density at radius 3 is 2.48 bits per heavy atom. The van der Waals surface area contributed by atoms with Crippen LogP contribution in [-0.2, 0) is 10.0 Å². The van der Waals surface area contributed by atoms with Crippen molar-refractivity contribution in [3.8, 4) is 0 Å². The van der Waals surface area contributed by atoms with E-state index < -0.39 is 22.0 Å². The Balaban J connectivity index is 2.53. The zero-order valence-electron chi connectivity index (χ0n) is 11.0. The minimum Gasteiger partial charge on any atom is -0.478 e. The maximum atomic E-state index is 11.5. The Labute approximate surface area is 126 Å². The van der Waals surface area contributed by atoms with E-state index in [9.17, 15) is 18.0 Å². The van der Waals surface area contributed by atoms with Gasteiger partial charge in [0.15, 0.2) is 0 Å². The van der Waals surface area contributed by atoms with Crippen LogP contribution in [-0.4, -0.2) is 44.9 Å². The average molecular weight is 336 g/mol. The molecule has 10 heteroatoms. The summed E-state index contributed by atoms with van der Waals surface area (Å²) in [6.45, 7) is 0.118. The number of rotatable bonds is 6. The number of carbonyl (C=O) groups excluding carboxylic acids is 1.